The Morgan fingerprint density at radius 2 is 1.92 bits per heavy atom. The number of rotatable bonds is 5. The van der Waals surface area contributed by atoms with Gasteiger partial charge in [-0.15, -0.1) is 0 Å². The van der Waals surface area contributed by atoms with Gasteiger partial charge in [0.2, 0.25) is 10.0 Å². The third kappa shape index (κ3) is 4.60. The number of ether oxygens (including phenoxy) is 1. The summed E-state index contributed by atoms with van der Waals surface area (Å²) in [7, 11) is -2.45. The number of nitrogens with zero attached hydrogens (tertiary/aromatic N) is 1. The Bertz CT molecular complexity index is 1010. The minimum atomic E-state index is -3.83. The van der Waals surface area contributed by atoms with Crippen molar-refractivity contribution in [2.24, 2.45) is 5.14 Å². The van der Waals surface area contributed by atoms with Gasteiger partial charge in [0.1, 0.15) is 11.6 Å². The summed E-state index contributed by atoms with van der Waals surface area (Å²) in [6.07, 6.45) is 1.33. The molecule has 0 unspecified atom stereocenters. The Kier molecular flexibility index (Phi) is 5.61. The number of hydrogen-bond donors (Lipinski definition) is 3. The van der Waals surface area contributed by atoms with E-state index in [0.717, 1.165) is 0 Å². The molecule has 0 atom stereocenters. The van der Waals surface area contributed by atoms with E-state index in [1.54, 1.807) is 6.07 Å². The maximum atomic E-state index is 12.2. The molecule has 4 N–H and O–H groups in total. The standard InChI is InChI=1S/C17H15N3O5S/c1-25-16-9-11(2-7-15(16)21)8-12(10-18)17(22)20-13-3-5-14(6-4-13)26(19,23)24/h2-9,21H,1H3,(H,20,22)(H2,19,23,24)/b12-8-. The smallest absolute Gasteiger partial charge is 0.266 e. The van der Waals surface area contributed by atoms with E-state index < -0.39 is 15.9 Å². The summed E-state index contributed by atoms with van der Waals surface area (Å²) in [6, 6.07) is 11.4. The second-order valence-corrected chi connectivity index (χ2v) is 6.69. The molecule has 0 aromatic heterocycles. The summed E-state index contributed by atoms with van der Waals surface area (Å²) in [5.74, 6) is -0.541. The molecule has 0 heterocycles. The number of nitrogens with two attached hydrogens (primary N) is 1. The lowest BCUT2D eigenvalue weighted by Crippen LogP contribution is -2.14. The molecule has 8 nitrogen and oxygen atoms in total. The SMILES string of the molecule is COc1cc(/C=C(/C#N)C(=O)Nc2ccc(S(N)(=O)=O)cc2)ccc1O. The molecule has 0 fully saturated rings. The Labute approximate surface area is 150 Å². The first-order valence-corrected chi connectivity index (χ1v) is 8.72. The Morgan fingerprint density at radius 3 is 2.46 bits per heavy atom. The number of carbonyl (C=O) groups excluding carboxylic acids is 1. The third-order valence-corrected chi connectivity index (χ3v) is 4.25. The lowest BCUT2D eigenvalue weighted by molar-refractivity contribution is -0.112. The van der Waals surface area contributed by atoms with Crippen LogP contribution < -0.4 is 15.2 Å². The summed E-state index contributed by atoms with van der Waals surface area (Å²) >= 11 is 0. The molecule has 0 spiro atoms. The third-order valence-electron chi connectivity index (χ3n) is 3.32. The largest absolute Gasteiger partial charge is 0.504 e. The summed E-state index contributed by atoms with van der Waals surface area (Å²) in [5.41, 5.74) is 0.594. The van der Waals surface area contributed by atoms with Gasteiger partial charge >= 0.3 is 0 Å². The number of sulfonamides is 1. The molecule has 0 saturated heterocycles. The summed E-state index contributed by atoms with van der Waals surface area (Å²) < 4.78 is 27.4. The van der Waals surface area contributed by atoms with E-state index in [9.17, 15) is 23.6 Å². The van der Waals surface area contributed by atoms with Gasteiger partial charge in [-0.2, -0.15) is 5.26 Å². The van der Waals surface area contributed by atoms with Crippen molar-refractivity contribution in [2.45, 2.75) is 4.90 Å². The van der Waals surface area contributed by atoms with E-state index in [1.807, 2.05) is 0 Å². The monoisotopic (exact) mass is 373 g/mol. The Hall–Kier alpha value is -3.35. The van der Waals surface area contributed by atoms with Crippen LogP contribution in [0.2, 0.25) is 0 Å². The van der Waals surface area contributed by atoms with Crippen molar-refractivity contribution in [3.8, 4) is 17.6 Å². The molecule has 0 aliphatic rings. The first kappa shape index (κ1) is 19.0. The van der Waals surface area contributed by atoms with Gasteiger partial charge in [0.25, 0.3) is 5.91 Å². The number of methoxy groups -OCH3 is 1. The van der Waals surface area contributed by atoms with Crippen LogP contribution in [0.25, 0.3) is 6.08 Å². The van der Waals surface area contributed by atoms with Crippen LogP contribution >= 0.6 is 0 Å². The highest BCUT2D eigenvalue weighted by Gasteiger charge is 2.12. The van der Waals surface area contributed by atoms with Gasteiger partial charge in [0.05, 0.1) is 12.0 Å². The first-order chi connectivity index (χ1) is 12.2. The van der Waals surface area contributed by atoms with Crippen molar-refractivity contribution in [1.82, 2.24) is 0 Å². The Morgan fingerprint density at radius 1 is 1.27 bits per heavy atom. The van der Waals surface area contributed by atoms with Gasteiger partial charge in [-0.05, 0) is 48.0 Å². The number of phenols is 1. The molecule has 0 radical (unpaired) electrons. The highest BCUT2D eigenvalue weighted by Crippen LogP contribution is 2.27. The maximum Gasteiger partial charge on any atom is 0.266 e. The van der Waals surface area contributed by atoms with Gasteiger partial charge in [0.15, 0.2) is 11.5 Å². The topological polar surface area (TPSA) is 143 Å². The zero-order valence-electron chi connectivity index (χ0n) is 13.6. The molecule has 0 aliphatic carbocycles. The fourth-order valence-corrected chi connectivity index (χ4v) is 2.54. The van der Waals surface area contributed by atoms with Crippen LogP contribution in [-0.2, 0) is 14.8 Å². The van der Waals surface area contributed by atoms with Crippen molar-refractivity contribution in [2.75, 3.05) is 12.4 Å². The van der Waals surface area contributed by atoms with Crippen LogP contribution in [0, 0.1) is 11.3 Å². The molecular weight excluding hydrogens is 358 g/mol. The minimum Gasteiger partial charge on any atom is -0.504 e. The highest BCUT2D eigenvalue weighted by molar-refractivity contribution is 7.89. The number of nitrogens with one attached hydrogen (secondary N) is 1. The first-order valence-electron chi connectivity index (χ1n) is 7.17. The lowest BCUT2D eigenvalue weighted by Gasteiger charge is -2.06. The van der Waals surface area contributed by atoms with E-state index in [2.05, 4.69) is 5.32 Å². The average molecular weight is 373 g/mol. The molecule has 0 bridgehead atoms. The molecule has 2 aromatic carbocycles. The zero-order chi connectivity index (χ0) is 19.3. The van der Waals surface area contributed by atoms with E-state index in [1.165, 1.54) is 55.7 Å². The number of anilines is 1. The van der Waals surface area contributed by atoms with Gasteiger partial charge in [-0.3, -0.25) is 4.79 Å². The molecule has 9 heteroatoms. The summed E-state index contributed by atoms with van der Waals surface area (Å²) in [5, 5.41) is 26.3. The molecule has 1 amide bonds. The molecule has 0 saturated carbocycles. The number of nitriles is 1. The molecule has 2 rings (SSSR count). The summed E-state index contributed by atoms with van der Waals surface area (Å²) in [4.78, 5) is 12.1. The van der Waals surface area contributed by atoms with Crippen molar-refractivity contribution in [3.63, 3.8) is 0 Å². The molecule has 2 aromatic rings. The van der Waals surface area contributed by atoms with Gasteiger partial charge in [-0.1, -0.05) is 6.07 Å². The van der Waals surface area contributed by atoms with Crippen LogP contribution in [0.3, 0.4) is 0 Å². The molecule has 0 aliphatic heterocycles. The highest BCUT2D eigenvalue weighted by atomic mass is 32.2. The number of phenolic OH excluding ortho intramolecular Hbond substituents is 1. The summed E-state index contributed by atoms with van der Waals surface area (Å²) in [6.45, 7) is 0. The number of aromatic hydroxyl groups is 1. The van der Waals surface area contributed by atoms with Crippen LogP contribution in [0.4, 0.5) is 5.69 Å². The second kappa shape index (κ2) is 7.69. The van der Waals surface area contributed by atoms with E-state index in [4.69, 9.17) is 9.88 Å². The predicted octanol–water partition coefficient (Wildman–Crippen LogP) is 1.59. The van der Waals surface area contributed by atoms with Crippen molar-refractivity contribution in [1.29, 1.82) is 5.26 Å². The van der Waals surface area contributed by atoms with Gasteiger partial charge in [0, 0.05) is 5.69 Å². The molecule has 134 valence electrons. The van der Waals surface area contributed by atoms with Gasteiger partial charge < -0.3 is 15.2 Å². The number of carbonyl (C=O) groups is 1. The number of amides is 1. The van der Waals surface area contributed by atoms with Crippen LogP contribution in [0.5, 0.6) is 11.5 Å². The van der Waals surface area contributed by atoms with Crippen molar-refractivity contribution in [3.05, 3.63) is 53.6 Å². The van der Waals surface area contributed by atoms with Crippen molar-refractivity contribution < 1.29 is 23.1 Å². The van der Waals surface area contributed by atoms with Crippen LogP contribution in [0.15, 0.2) is 52.9 Å². The molecular formula is C17H15N3O5S. The minimum absolute atomic E-state index is 0.0671. The van der Waals surface area contributed by atoms with Crippen LogP contribution in [-0.4, -0.2) is 26.5 Å². The average Bonchev–Trinajstić information content (AvgIpc) is 2.60. The second-order valence-electron chi connectivity index (χ2n) is 5.12. The van der Waals surface area contributed by atoms with E-state index >= 15 is 0 Å². The lowest BCUT2D eigenvalue weighted by atomic mass is 10.1. The molecule has 26 heavy (non-hydrogen) atoms. The fraction of sp³-hybridized carbons (Fsp3) is 0.0588. The predicted molar refractivity (Wildman–Crippen MR) is 94.7 cm³/mol. The van der Waals surface area contributed by atoms with E-state index in [-0.39, 0.29) is 22.0 Å². The zero-order valence-corrected chi connectivity index (χ0v) is 14.4. The number of hydrogen-bond acceptors (Lipinski definition) is 6. The van der Waals surface area contributed by atoms with Gasteiger partial charge in [-0.25, -0.2) is 13.6 Å². The Balaban J connectivity index is 2.22. The van der Waals surface area contributed by atoms with Crippen molar-refractivity contribution >= 4 is 27.7 Å². The van der Waals surface area contributed by atoms with Crippen LogP contribution in [0.1, 0.15) is 5.56 Å². The normalized spacial score (nSPS) is 11.5. The number of benzene rings is 2. The maximum absolute atomic E-state index is 12.2. The quantitative estimate of drug-likeness (QED) is 0.536. The van der Waals surface area contributed by atoms with E-state index in [0.29, 0.717) is 11.3 Å². The number of primary sulfonamides is 1. The fourth-order valence-electron chi connectivity index (χ4n) is 2.03.